The summed E-state index contributed by atoms with van der Waals surface area (Å²) >= 11 is 0. The molecule has 6 atom stereocenters. The highest BCUT2D eigenvalue weighted by Gasteiger charge is 2.70. The van der Waals surface area contributed by atoms with Gasteiger partial charge in [-0.15, -0.1) is 0 Å². The lowest BCUT2D eigenvalue weighted by molar-refractivity contribution is -0.202. The number of hydrogen-bond donors (Lipinski definition) is 2. The predicted octanol–water partition coefficient (Wildman–Crippen LogP) is 4.01. The van der Waals surface area contributed by atoms with Crippen LogP contribution in [0.3, 0.4) is 0 Å². The monoisotopic (exact) mass is 318 g/mol. The number of aliphatic hydroxyl groups excluding tert-OH is 1. The molecule has 128 valence electrons. The van der Waals surface area contributed by atoms with Gasteiger partial charge >= 0.3 is 5.97 Å². The highest BCUT2D eigenvalue weighted by molar-refractivity contribution is 5.76. The van der Waals surface area contributed by atoms with Gasteiger partial charge in [0.15, 0.2) is 0 Å². The third kappa shape index (κ3) is 1.72. The van der Waals surface area contributed by atoms with Crippen molar-refractivity contribution >= 4 is 5.97 Å². The third-order valence-electron chi connectivity index (χ3n) is 8.44. The Morgan fingerprint density at radius 2 is 1.87 bits per heavy atom. The van der Waals surface area contributed by atoms with E-state index in [1.165, 1.54) is 0 Å². The molecule has 4 aliphatic rings. The zero-order chi connectivity index (χ0) is 16.6. The minimum absolute atomic E-state index is 0.0929. The molecule has 0 amide bonds. The van der Waals surface area contributed by atoms with Crippen LogP contribution in [0.2, 0.25) is 0 Å². The van der Waals surface area contributed by atoms with Crippen LogP contribution in [0.5, 0.6) is 0 Å². The summed E-state index contributed by atoms with van der Waals surface area (Å²) in [5.74, 6) is 0.188. The van der Waals surface area contributed by atoms with Crippen molar-refractivity contribution in [2.75, 3.05) is 0 Å². The van der Waals surface area contributed by atoms with Crippen LogP contribution in [0.1, 0.15) is 65.2 Å². The highest BCUT2D eigenvalue weighted by atomic mass is 16.4. The van der Waals surface area contributed by atoms with Crippen molar-refractivity contribution in [1.29, 1.82) is 0 Å². The second-order valence-corrected chi connectivity index (χ2v) is 9.52. The lowest BCUT2D eigenvalue weighted by atomic mass is 9.40. The van der Waals surface area contributed by atoms with Crippen molar-refractivity contribution in [1.82, 2.24) is 0 Å². The SMILES string of the molecule is C=C1[C@@H]2CC[C@@H]3[C@@](CC[C@@H]4C(C)(C)CCC[C@]43C(=O)O)(C2)[C@H]1O. The molecule has 0 heterocycles. The topological polar surface area (TPSA) is 57.5 Å². The summed E-state index contributed by atoms with van der Waals surface area (Å²) in [6.07, 6.45) is 7.33. The highest BCUT2D eigenvalue weighted by Crippen LogP contribution is 2.72. The molecule has 0 aromatic carbocycles. The summed E-state index contributed by atoms with van der Waals surface area (Å²) in [6.45, 7) is 8.70. The van der Waals surface area contributed by atoms with Crippen LogP contribution in [0.25, 0.3) is 0 Å². The van der Waals surface area contributed by atoms with Gasteiger partial charge in [0.05, 0.1) is 11.5 Å². The Kier molecular flexibility index (Phi) is 3.15. The van der Waals surface area contributed by atoms with Gasteiger partial charge in [-0.1, -0.05) is 26.8 Å². The van der Waals surface area contributed by atoms with Gasteiger partial charge in [0, 0.05) is 5.41 Å². The quantitative estimate of drug-likeness (QED) is 0.718. The van der Waals surface area contributed by atoms with Crippen molar-refractivity contribution in [3.8, 4) is 0 Å². The van der Waals surface area contributed by atoms with Crippen LogP contribution in [-0.4, -0.2) is 22.3 Å². The van der Waals surface area contributed by atoms with E-state index in [-0.39, 0.29) is 22.7 Å². The van der Waals surface area contributed by atoms with Gasteiger partial charge in [0.2, 0.25) is 0 Å². The number of rotatable bonds is 1. The number of carboxylic acids is 1. The number of aliphatic carboxylic acids is 1. The van der Waals surface area contributed by atoms with E-state index in [1.54, 1.807) is 0 Å². The zero-order valence-electron chi connectivity index (χ0n) is 14.5. The van der Waals surface area contributed by atoms with Crippen LogP contribution in [0, 0.1) is 34.0 Å². The van der Waals surface area contributed by atoms with Gasteiger partial charge in [-0.2, -0.15) is 0 Å². The van der Waals surface area contributed by atoms with Crippen molar-refractivity contribution in [2.45, 2.75) is 71.3 Å². The Morgan fingerprint density at radius 3 is 2.57 bits per heavy atom. The summed E-state index contributed by atoms with van der Waals surface area (Å²) in [6, 6.07) is 0. The van der Waals surface area contributed by atoms with Crippen LogP contribution in [-0.2, 0) is 4.79 Å². The normalized spacial score (nSPS) is 51.0. The standard InChI is InChI=1S/C20H30O3/c1-12-13-5-6-15-19(11-13,16(12)21)10-7-14-18(2,3)8-4-9-20(14,15)17(22)23/h13-16,21H,1,4-11H2,2-3H3,(H,22,23)/t13-,14-,15-,16+,19-,20+/m1/s1. The largest absolute Gasteiger partial charge is 0.481 e. The Hall–Kier alpha value is -0.830. The van der Waals surface area contributed by atoms with E-state index < -0.39 is 17.5 Å². The van der Waals surface area contributed by atoms with E-state index in [0.717, 1.165) is 56.9 Å². The first-order valence-electron chi connectivity index (χ1n) is 9.36. The molecule has 4 fully saturated rings. The Morgan fingerprint density at radius 1 is 1.13 bits per heavy atom. The maximum atomic E-state index is 12.6. The summed E-state index contributed by atoms with van der Waals surface area (Å²) in [5, 5.41) is 21.3. The Balaban J connectivity index is 1.85. The zero-order valence-corrected chi connectivity index (χ0v) is 14.5. The first-order valence-corrected chi connectivity index (χ1v) is 9.36. The third-order valence-corrected chi connectivity index (χ3v) is 8.44. The molecular formula is C20H30O3. The maximum absolute atomic E-state index is 12.6. The molecule has 0 aromatic heterocycles. The fourth-order valence-electron chi connectivity index (χ4n) is 7.52. The van der Waals surface area contributed by atoms with Crippen LogP contribution in [0.15, 0.2) is 12.2 Å². The predicted molar refractivity (Wildman–Crippen MR) is 88.8 cm³/mol. The van der Waals surface area contributed by atoms with Crippen LogP contribution >= 0.6 is 0 Å². The molecule has 4 rings (SSSR count). The number of aliphatic hydroxyl groups is 1. The first kappa shape index (κ1) is 15.7. The van der Waals surface area contributed by atoms with E-state index in [4.69, 9.17) is 0 Å². The summed E-state index contributed by atoms with van der Waals surface area (Å²) in [7, 11) is 0. The lowest BCUT2D eigenvalue weighted by Crippen LogP contribution is -2.62. The molecule has 4 saturated carbocycles. The number of fused-ring (bicyclic) bond motifs is 3. The molecule has 1 spiro atoms. The van der Waals surface area contributed by atoms with Crippen LogP contribution in [0.4, 0.5) is 0 Å². The van der Waals surface area contributed by atoms with Gasteiger partial charge < -0.3 is 10.2 Å². The van der Waals surface area contributed by atoms with Gasteiger partial charge in [-0.3, -0.25) is 4.79 Å². The van der Waals surface area contributed by atoms with E-state index in [1.807, 2.05) is 0 Å². The number of carboxylic acid groups (broad SMARTS) is 1. The number of hydrogen-bond acceptors (Lipinski definition) is 2. The average Bonchev–Trinajstić information content (AvgIpc) is 2.67. The molecule has 0 aromatic rings. The summed E-state index contributed by atoms with van der Waals surface area (Å²) in [4.78, 5) is 12.6. The molecule has 2 bridgehead atoms. The van der Waals surface area contributed by atoms with E-state index >= 15 is 0 Å². The maximum Gasteiger partial charge on any atom is 0.310 e. The Bertz CT molecular complexity index is 565. The van der Waals surface area contributed by atoms with Gasteiger partial charge in [0.25, 0.3) is 0 Å². The fraction of sp³-hybridized carbons (Fsp3) is 0.850. The van der Waals surface area contributed by atoms with Crippen molar-refractivity contribution in [3.05, 3.63) is 12.2 Å². The second-order valence-electron chi connectivity index (χ2n) is 9.52. The van der Waals surface area contributed by atoms with Crippen molar-refractivity contribution in [3.63, 3.8) is 0 Å². The average molecular weight is 318 g/mol. The summed E-state index contributed by atoms with van der Waals surface area (Å²) < 4.78 is 0. The first-order chi connectivity index (χ1) is 10.8. The second kappa shape index (κ2) is 4.62. The van der Waals surface area contributed by atoms with Gasteiger partial charge in [-0.05, 0) is 73.7 Å². The minimum atomic E-state index is -0.628. The molecule has 4 aliphatic carbocycles. The molecule has 0 unspecified atom stereocenters. The molecule has 2 N–H and O–H groups in total. The smallest absolute Gasteiger partial charge is 0.310 e. The van der Waals surface area contributed by atoms with Crippen molar-refractivity contribution < 1.29 is 15.0 Å². The molecule has 0 saturated heterocycles. The van der Waals surface area contributed by atoms with Crippen LogP contribution < -0.4 is 0 Å². The molecule has 0 radical (unpaired) electrons. The van der Waals surface area contributed by atoms with Gasteiger partial charge in [-0.25, -0.2) is 0 Å². The van der Waals surface area contributed by atoms with E-state index in [2.05, 4.69) is 20.4 Å². The molecule has 23 heavy (non-hydrogen) atoms. The van der Waals surface area contributed by atoms with E-state index in [9.17, 15) is 15.0 Å². The molecule has 3 heteroatoms. The molecule has 0 aliphatic heterocycles. The minimum Gasteiger partial charge on any atom is -0.481 e. The van der Waals surface area contributed by atoms with Gasteiger partial charge in [0.1, 0.15) is 0 Å². The molecule has 3 nitrogen and oxygen atoms in total. The van der Waals surface area contributed by atoms with E-state index in [0.29, 0.717) is 5.92 Å². The molecular weight excluding hydrogens is 288 g/mol. The Labute approximate surface area is 139 Å². The lowest BCUT2D eigenvalue weighted by Gasteiger charge is -2.63. The fourth-order valence-corrected chi connectivity index (χ4v) is 7.52. The summed E-state index contributed by atoms with van der Waals surface area (Å²) in [5.41, 5.74) is 0.246. The number of carbonyl (C=O) groups is 1. The van der Waals surface area contributed by atoms with Crippen molar-refractivity contribution in [2.24, 2.45) is 34.0 Å².